The van der Waals surface area contributed by atoms with E-state index in [1.54, 1.807) is 18.2 Å². The third-order valence-corrected chi connectivity index (χ3v) is 3.32. The summed E-state index contributed by atoms with van der Waals surface area (Å²) >= 11 is 9.08. The highest BCUT2D eigenvalue weighted by molar-refractivity contribution is 9.10. The quantitative estimate of drug-likeness (QED) is 0.741. The Morgan fingerprint density at radius 1 is 1.43 bits per heavy atom. The van der Waals surface area contributed by atoms with Gasteiger partial charge in [0.2, 0.25) is 0 Å². The van der Waals surface area contributed by atoms with Crippen LogP contribution in [0.2, 0.25) is 5.02 Å². The highest BCUT2D eigenvalue weighted by atomic mass is 79.9. The normalized spacial score (nSPS) is 11.6. The Morgan fingerprint density at radius 3 is 2.76 bits per heavy atom. The summed E-state index contributed by atoms with van der Waals surface area (Å²) in [5, 5.41) is 3.20. The van der Waals surface area contributed by atoms with E-state index in [-0.39, 0.29) is 12.5 Å². The van der Waals surface area contributed by atoms with Crippen molar-refractivity contribution in [2.24, 2.45) is 0 Å². The van der Waals surface area contributed by atoms with Gasteiger partial charge in [0.1, 0.15) is 5.75 Å². The predicted molar refractivity (Wildman–Crippen MR) is 83.5 cm³/mol. The molecule has 1 rings (SSSR count). The molecule has 0 fully saturated rings. The second-order valence-electron chi connectivity index (χ2n) is 4.29. The second-order valence-corrected chi connectivity index (χ2v) is 5.58. The minimum Gasteiger partial charge on any atom is -0.481 e. The molecule has 1 aromatic rings. The van der Waals surface area contributed by atoms with Gasteiger partial charge in [0, 0.05) is 11.6 Å². The van der Waals surface area contributed by atoms with Crippen LogP contribution in [0.5, 0.6) is 5.75 Å². The topological polar surface area (TPSA) is 64.6 Å². The number of carbonyl (C=O) groups is 2. The molecular weight excluding hydrogens is 362 g/mol. The third kappa shape index (κ3) is 6.35. The van der Waals surface area contributed by atoms with E-state index < -0.39 is 12.1 Å². The van der Waals surface area contributed by atoms with Crippen LogP contribution in [0.15, 0.2) is 22.7 Å². The van der Waals surface area contributed by atoms with Crippen molar-refractivity contribution in [3.63, 3.8) is 0 Å². The maximum absolute atomic E-state index is 11.6. The lowest BCUT2D eigenvalue weighted by atomic mass is 10.3. The summed E-state index contributed by atoms with van der Waals surface area (Å²) in [4.78, 5) is 23.2. The Morgan fingerprint density at radius 2 is 2.14 bits per heavy atom. The number of halogens is 2. The van der Waals surface area contributed by atoms with Crippen molar-refractivity contribution in [1.29, 1.82) is 0 Å². The van der Waals surface area contributed by atoms with E-state index >= 15 is 0 Å². The lowest BCUT2D eigenvalue weighted by Gasteiger charge is -2.14. The molecular formula is C14H17BrClNO4. The van der Waals surface area contributed by atoms with Crippen LogP contribution >= 0.6 is 27.5 Å². The predicted octanol–water partition coefficient (Wildman–Crippen LogP) is 2.94. The minimum atomic E-state index is -0.846. The summed E-state index contributed by atoms with van der Waals surface area (Å²) in [6.07, 6.45) is -0.0265. The van der Waals surface area contributed by atoms with Gasteiger partial charge in [-0.15, -0.1) is 0 Å². The number of ether oxygens (including phenoxy) is 2. The smallest absolute Gasteiger partial charge is 0.344 e. The molecule has 0 bridgehead atoms. The Hall–Kier alpha value is -1.27. The first-order chi connectivity index (χ1) is 9.93. The van der Waals surface area contributed by atoms with Gasteiger partial charge in [0.15, 0.2) is 12.7 Å². The number of hydrogen-bond donors (Lipinski definition) is 1. The zero-order valence-electron chi connectivity index (χ0n) is 11.8. The Labute approximate surface area is 137 Å². The summed E-state index contributed by atoms with van der Waals surface area (Å²) in [5.41, 5.74) is 0. The van der Waals surface area contributed by atoms with Crippen LogP contribution in [0.25, 0.3) is 0 Å². The highest BCUT2D eigenvalue weighted by Gasteiger charge is 2.17. The molecule has 0 unspecified atom stereocenters. The van der Waals surface area contributed by atoms with Gasteiger partial charge >= 0.3 is 5.97 Å². The number of carbonyl (C=O) groups excluding carboxylic acids is 2. The molecule has 1 amide bonds. The summed E-state index contributed by atoms with van der Waals surface area (Å²) in [7, 11) is 0. The van der Waals surface area contributed by atoms with Crippen molar-refractivity contribution in [3.8, 4) is 5.75 Å². The first-order valence-electron chi connectivity index (χ1n) is 6.49. The van der Waals surface area contributed by atoms with E-state index in [2.05, 4.69) is 21.2 Å². The Kier molecular flexibility index (Phi) is 7.53. The van der Waals surface area contributed by atoms with Gasteiger partial charge < -0.3 is 14.8 Å². The fraction of sp³-hybridized carbons (Fsp3) is 0.429. The van der Waals surface area contributed by atoms with E-state index in [1.165, 1.54) is 6.92 Å². The molecule has 0 aromatic heterocycles. The van der Waals surface area contributed by atoms with Crippen LogP contribution in [0, 0.1) is 0 Å². The van der Waals surface area contributed by atoms with E-state index in [9.17, 15) is 9.59 Å². The molecule has 0 spiro atoms. The number of amides is 1. The molecule has 0 saturated carbocycles. The van der Waals surface area contributed by atoms with Crippen LogP contribution in [0.1, 0.15) is 20.3 Å². The van der Waals surface area contributed by atoms with Crippen LogP contribution < -0.4 is 10.1 Å². The van der Waals surface area contributed by atoms with Crippen molar-refractivity contribution < 1.29 is 19.1 Å². The van der Waals surface area contributed by atoms with Crippen molar-refractivity contribution in [2.45, 2.75) is 26.4 Å². The fourth-order valence-electron chi connectivity index (χ4n) is 1.41. The number of benzene rings is 1. The summed E-state index contributed by atoms with van der Waals surface area (Å²) in [6.45, 7) is 3.72. The molecule has 0 heterocycles. The zero-order chi connectivity index (χ0) is 15.8. The van der Waals surface area contributed by atoms with Crippen LogP contribution in [-0.4, -0.2) is 31.1 Å². The van der Waals surface area contributed by atoms with Crippen molar-refractivity contribution in [1.82, 2.24) is 5.32 Å². The number of rotatable bonds is 7. The molecule has 5 nitrogen and oxygen atoms in total. The first kappa shape index (κ1) is 17.8. The molecule has 0 aliphatic rings. The SMILES string of the molecule is CCCNC(=O)[C@@H](C)OC(=O)COc1ccc(Cl)cc1Br. The average Bonchev–Trinajstić information content (AvgIpc) is 2.43. The maximum atomic E-state index is 11.6. The molecule has 0 saturated heterocycles. The van der Waals surface area contributed by atoms with Gasteiger partial charge in [-0.2, -0.15) is 0 Å². The monoisotopic (exact) mass is 377 g/mol. The van der Waals surface area contributed by atoms with Gasteiger partial charge in [-0.05, 0) is 47.5 Å². The summed E-state index contributed by atoms with van der Waals surface area (Å²) in [5.74, 6) is -0.465. The van der Waals surface area contributed by atoms with Crippen molar-refractivity contribution in [3.05, 3.63) is 27.7 Å². The first-order valence-corrected chi connectivity index (χ1v) is 7.66. The molecule has 1 atom stereocenters. The number of hydrogen-bond acceptors (Lipinski definition) is 4. The Balaban J connectivity index is 2.41. The third-order valence-electron chi connectivity index (χ3n) is 2.47. The second kappa shape index (κ2) is 8.89. The minimum absolute atomic E-state index is 0.286. The molecule has 116 valence electrons. The van der Waals surface area contributed by atoms with Gasteiger partial charge in [-0.3, -0.25) is 4.79 Å². The number of esters is 1. The average molecular weight is 379 g/mol. The van der Waals surface area contributed by atoms with Gasteiger partial charge in [-0.25, -0.2) is 4.79 Å². The van der Waals surface area contributed by atoms with Crippen molar-refractivity contribution >= 4 is 39.4 Å². The van der Waals surface area contributed by atoms with E-state index in [0.717, 1.165) is 6.42 Å². The van der Waals surface area contributed by atoms with Gasteiger partial charge in [0.25, 0.3) is 5.91 Å². The number of nitrogens with one attached hydrogen (secondary N) is 1. The zero-order valence-corrected chi connectivity index (χ0v) is 14.2. The molecule has 0 aliphatic carbocycles. The molecule has 0 aliphatic heterocycles. The molecule has 21 heavy (non-hydrogen) atoms. The van der Waals surface area contributed by atoms with Gasteiger partial charge in [0.05, 0.1) is 4.47 Å². The Bertz CT molecular complexity index is 510. The van der Waals surface area contributed by atoms with Crippen LogP contribution in [0.4, 0.5) is 0 Å². The van der Waals surface area contributed by atoms with E-state index in [1.807, 2.05) is 6.92 Å². The highest BCUT2D eigenvalue weighted by Crippen LogP contribution is 2.27. The van der Waals surface area contributed by atoms with Crippen molar-refractivity contribution in [2.75, 3.05) is 13.2 Å². The van der Waals surface area contributed by atoms with E-state index in [4.69, 9.17) is 21.1 Å². The largest absolute Gasteiger partial charge is 0.481 e. The lowest BCUT2D eigenvalue weighted by Crippen LogP contribution is -2.37. The molecule has 7 heteroatoms. The molecule has 1 aromatic carbocycles. The summed E-state index contributed by atoms with van der Waals surface area (Å²) < 4.78 is 10.9. The van der Waals surface area contributed by atoms with Crippen LogP contribution in [-0.2, 0) is 14.3 Å². The maximum Gasteiger partial charge on any atom is 0.344 e. The fourth-order valence-corrected chi connectivity index (χ4v) is 2.20. The standard InChI is InChI=1S/C14H17BrClNO4/c1-3-6-17-14(19)9(2)21-13(18)8-20-12-5-4-10(16)7-11(12)15/h4-5,7,9H,3,6,8H2,1-2H3,(H,17,19)/t9-/m1/s1. The van der Waals surface area contributed by atoms with E-state index in [0.29, 0.717) is 21.8 Å². The lowest BCUT2D eigenvalue weighted by molar-refractivity contribution is -0.156. The molecule has 0 radical (unpaired) electrons. The van der Waals surface area contributed by atoms with Crippen LogP contribution in [0.3, 0.4) is 0 Å². The van der Waals surface area contributed by atoms with Gasteiger partial charge in [-0.1, -0.05) is 18.5 Å². The summed E-state index contributed by atoms with van der Waals surface area (Å²) in [6, 6.07) is 4.94. The molecule has 1 N–H and O–H groups in total.